The van der Waals surface area contributed by atoms with Crippen molar-refractivity contribution in [2.75, 3.05) is 26.4 Å². The van der Waals surface area contributed by atoms with Gasteiger partial charge in [0.15, 0.2) is 18.9 Å². The summed E-state index contributed by atoms with van der Waals surface area (Å²) in [6.07, 6.45) is 73.8. The molecule has 3 saturated heterocycles. The Bertz CT molecular complexity index is 2450. The molecule has 19 nitrogen and oxygen atoms in total. The minimum absolute atomic E-state index is 0.228. The molecule has 12 N–H and O–H groups in total. The summed E-state index contributed by atoms with van der Waals surface area (Å²) in [5.74, 6) is -0.289. The molecule has 0 aromatic carbocycles. The number of hydrogen-bond donors (Lipinski definition) is 12. The first-order valence-corrected chi connectivity index (χ1v) is 45.1. The molecule has 3 aliphatic rings. The highest BCUT2D eigenvalue weighted by Gasteiger charge is 2.54. The summed E-state index contributed by atoms with van der Waals surface area (Å²) in [6, 6.07) is -1.00. The Kier molecular flexibility index (Phi) is 65.6. The van der Waals surface area contributed by atoms with Crippen molar-refractivity contribution >= 4 is 5.91 Å². The van der Waals surface area contributed by atoms with E-state index < -0.39 is 124 Å². The third-order valence-corrected chi connectivity index (χ3v) is 21.8. The number of aliphatic hydroxyl groups is 11. The van der Waals surface area contributed by atoms with Gasteiger partial charge in [-0.25, -0.2) is 0 Å². The van der Waals surface area contributed by atoms with E-state index in [1.165, 1.54) is 225 Å². The molecule has 1 amide bonds. The molecule has 0 aliphatic carbocycles. The summed E-state index contributed by atoms with van der Waals surface area (Å²) >= 11 is 0. The van der Waals surface area contributed by atoms with Crippen molar-refractivity contribution in [3.63, 3.8) is 0 Å². The summed E-state index contributed by atoms with van der Waals surface area (Å²) in [7, 11) is 0. The Morgan fingerprint density at radius 2 is 0.625 bits per heavy atom. The van der Waals surface area contributed by atoms with Crippen LogP contribution in [-0.4, -0.2) is 193 Å². The van der Waals surface area contributed by atoms with E-state index in [9.17, 15) is 61.0 Å². The van der Waals surface area contributed by atoms with Crippen LogP contribution >= 0.6 is 0 Å². The van der Waals surface area contributed by atoms with Gasteiger partial charge in [0.05, 0.1) is 38.6 Å². The Morgan fingerprint density at radius 1 is 0.330 bits per heavy atom. The van der Waals surface area contributed by atoms with Crippen LogP contribution < -0.4 is 5.32 Å². The predicted molar refractivity (Wildman–Crippen MR) is 452 cm³/mol. The van der Waals surface area contributed by atoms with Crippen LogP contribution in [0.1, 0.15) is 341 Å². The number of ether oxygens (including phenoxy) is 6. The van der Waals surface area contributed by atoms with Crippen molar-refractivity contribution in [2.24, 2.45) is 0 Å². The van der Waals surface area contributed by atoms with E-state index in [0.717, 1.165) is 83.5 Å². The highest BCUT2D eigenvalue weighted by molar-refractivity contribution is 5.76. The normalized spacial score (nSPS) is 25.5. The quantitative estimate of drug-likeness (QED) is 0.0199. The van der Waals surface area contributed by atoms with Crippen LogP contribution in [0, 0.1) is 0 Å². The molecule has 0 saturated carbocycles. The average molecular weight is 1580 g/mol. The van der Waals surface area contributed by atoms with E-state index >= 15 is 0 Å². The first-order valence-electron chi connectivity index (χ1n) is 45.1. The van der Waals surface area contributed by atoms with Crippen molar-refractivity contribution in [1.29, 1.82) is 0 Å². The zero-order chi connectivity index (χ0) is 81.0. The second kappa shape index (κ2) is 71.5. The first kappa shape index (κ1) is 103. The Balaban J connectivity index is 1.35. The van der Waals surface area contributed by atoms with Crippen LogP contribution in [0.4, 0.5) is 0 Å². The van der Waals surface area contributed by atoms with E-state index in [2.05, 4.69) is 116 Å². The van der Waals surface area contributed by atoms with E-state index in [4.69, 9.17) is 28.4 Å². The van der Waals surface area contributed by atoms with E-state index in [-0.39, 0.29) is 18.9 Å². The Morgan fingerprint density at radius 3 is 1.00 bits per heavy atom. The van der Waals surface area contributed by atoms with Crippen LogP contribution in [0.2, 0.25) is 0 Å². The van der Waals surface area contributed by atoms with Crippen LogP contribution in [0.5, 0.6) is 0 Å². The van der Waals surface area contributed by atoms with Crippen molar-refractivity contribution in [3.05, 3.63) is 109 Å². The molecule has 0 bridgehead atoms. The molecule has 648 valence electrons. The second-order valence-corrected chi connectivity index (χ2v) is 31.7. The molecule has 3 aliphatic heterocycles. The van der Waals surface area contributed by atoms with E-state index in [1.807, 2.05) is 6.08 Å². The van der Waals surface area contributed by atoms with Gasteiger partial charge < -0.3 is 89.9 Å². The number of allylic oxidation sites excluding steroid dienone is 17. The van der Waals surface area contributed by atoms with Crippen LogP contribution in [0.25, 0.3) is 0 Å². The summed E-state index contributed by atoms with van der Waals surface area (Å²) < 4.78 is 34.5. The first-order chi connectivity index (χ1) is 54.8. The molecule has 0 spiro atoms. The Hall–Kier alpha value is -3.55. The van der Waals surface area contributed by atoms with E-state index in [1.54, 1.807) is 6.08 Å². The minimum atomic E-state index is -1.99. The maximum atomic E-state index is 13.5. The van der Waals surface area contributed by atoms with Crippen LogP contribution in [-0.2, 0) is 33.2 Å². The van der Waals surface area contributed by atoms with Gasteiger partial charge in [0.1, 0.15) is 73.2 Å². The highest BCUT2D eigenvalue weighted by Crippen LogP contribution is 2.33. The van der Waals surface area contributed by atoms with Gasteiger partial charge in [0, 0.05) is 6.42 Å². The van der Waals surface area contributed by atoms with Gasteiger partial charge in [-0.05, 0) is 96.3 Å². The number of amides is 1. The lowest BCUT2D eigenvalue weighted by Crippen LogP contribution is -2.66. The summed E-state index contributed by atoms with van der Waals surface area (Å²) in [5, 5.41) is 121. The van der Waals surface area contributed by atoms with Gasteiger partial charge in [0.25, 0.3) is 0 Å². The third kappa shape index (κ3) is 49.6. The minimum Gasteiger partial charge on any atom is -0.394 e. The fourth-order valence-corrected chi connectivity index (χ4v) is 14.6. The van der Waals surface area contributed by atoms with E-state index in [0.29, 0.717) is 12.8 Å². The van der Waals surface area contributed by atoms with Gasteiger partial charge in [-0.1, -0.05) is 348 Å². The maximum absolute atomic E-state index is 13.5. The smallest absolute Gasteiger partial charge is 0.220 e. The van der Waals surface area contributed by atoms with Gasteiger partial charge >= 0.3 is 0 Å². The zero-order valence-electron chi connectivity index (χ0n) is 69.9. The van der Waals surface area contributed by atoms with Crippen LogP contribution in [0.15, 0.2) is 109 Å². The average Bonchev–Trinajstić information content (AvgIpc) is 0.782. The highest BCUT2D eigenvalue weighted by atomic mass is 16.8. The predicted octanol–water partition coefficient (Wildman–Crippen LogP) is 17.2. The molecule has 19 heteroatoms. The molecule has 3 rings (SSSR count). The lowest BCUT2D eigenvalue weighted by atomic mass is 9.96. The van der Waals surface area contributed by atoms with Gasteiger partial charge in [-0.2, -0.15) is 0 Å². The summed E-state index contributed by atoms with van der Waals surface area (Å²) in [4.78, 5) is 13.5. The number of nitrogens with one attached hydrogen (secondary N) is 1. The summed E-state index contributed by atoms with van der Waals surface area (Å²) in [6.45, 7) is 1.63. The number of carbonyl (C=O) groups is 1. The van der Waals surface area contributed by atoms with Crippen molar-refractivity contribution in [2.45, 2.75) is 446 Å². The molecule has 17 atom stereocenters. The monoisotopic (exact) mass is 1580 g/mol. The number of unbranched alkanes of at least 4 members (excludes halogenated alkanes) is 40. The fraction of sp³-hybridized carbons (Fsp3) is 0.796. The van der Waals surface area contributed by atoms with Crippen molar-refractivity contribution in [3.8, 4) is 0 Å². The molecule has 3 heterocycles. The summed E-state index contributed by atoms with van der Waals surface area (Å²) in [5.41, 5.74) is 0. The lowest BCUT2D eigenvalue weighted by molar-refractivity contribution is -0.379. The molecule has 0 radical (unpaired) electrons. The molecule has 3 fully saturated rings. The van der Waals surface area contributed by atoms with Crippen molar-refractivity contribution < 1.29 is 89.4 Å². The molecule has 112 heavy (non-hydrogen) atoms. The molecular formula is C93H163NO18. The number of carbonyl (C=O) groups excluding carboxylic acids is 1. The third-order valence-electron chi connectivity index (χ3n) is 21.8. The molecule has 0 aromatic heterocycles. The standard InChI is InChI=1S/C93H163NO18/c1-3-5-7-9-11-13-15-17-19-21-23-25-27-29-31-33-35-37-38-39-41-43-45-47-49-51-53-55-57-59-61-63-65-67-69-71-81(99)94-76(77(98)70-68-66-64-62-60-58-56-54-52-50-48-46-44-42-40-36-34-32-30-28-26-24-22-20-18-16-14-12-10-8-6-4-2)75-107-91-87(105)84(102)89(79(73-96)109-91)112-93-88(106)85(103)90(80(74-97)110-93)111-92-86(104)83(101)82(100)78(72-95)108-92/h5,7,11,13,17,19,23,25,29,31,35,37,52,54,60,62,68,70,76-80,82-93,95-98,100-106H,3-4,6,8-10,12,14-16,18,20-22,24,26-28,30,32-34,36,38-51,53,55-59,61,63-67,69,71-75H2,1-2H3,(H,94,99)/b7-5-,13-11-,19-17-,25-23-,31-29-,37-35-,54-52+,62-60+,70-68+. The van der Waals surface area contributed by atoms with Crippen molar-refractivity contribution in [1.82, 2.24) is 5.32 Å². The lowest BCUT2D eigenvalue weighted by Gasteiger charge is -2.48. The molecule has 17 unspecified atom stereocenters. The van der Waals surface area contributed by atoms with Gasteiger partial charge in [0.2, 0.25) is 5.91 Å². The van der Waals surface area contributed by atoms with Gasteiger partial charge in [-0.15, -0.1) is 0 Å². The van der Waals surface area contributed by atoms with Gasteiger partial charge in [-0.3, -0.25) is 4.79 Å². The number of aliphatic hydroxyl groups excluding tert-OH is 11. The number of hydrogen-bond acceptors (Lipinski definition) is 18. The molecule has 0 aromatic rings. The largest absolute Gasteiger partial charge is 0.394 e. The van der Waals surface area contributed by atoms with Crippen LogP contribution in [0.3, 0.4) is 0 Å². The number of rotatable bonds is 72. The zero-order valence-corrected chi connectivity index (χ0v) is 69.9. The Labute approximate surface area is 678 Å². The maximum Gasteiger partial charge on any atom is 0.220 e. The molecular weight excluding hydrogens is 1420 g/mol. The second-order valence-electron chi connectivity index (χ2n) is 31.7. The fourth-order valence-electron chi connectivity index (χ4n) is 14.6. The topological polar surface area (TPSA) is 307 Å². The SMILES string of the molecule is CC/C=C\C/C=C\C/C=C\C/C=C\C/C=C\C/C=C\CCCCCCCCCCCCCCCCCCC(=O)NC(COC1OC(CO)C(OC2OC(CO)C(OC3OC(CO)C(O)C(O)C3O)C(O)C2O)C(O)C1O)C(O)/C=C/CC/C=C/CC/C=C/CCCCCCCCCCCCCCCCCCCCCCCC.